The number of ether oxygens (including phenoxy) is 2. The molecule has 10 atom stereocenters. The highest BCUT2D eigenvalue weighted by molar-refractivity contribution is 5.61. The molecular weight excluding hydrogens is 320 g/mol. The van der Waals surface area contributed by atoms with Gasteiger partial charge in [0.1, 0.15) is 11.5 Å². The number of methoxy groups -OCH3 is 2. The van der Waals surface area contributed by atoms with Crippen molar-refractivity contribution in [1.82, 2.24) is 0 Å². The van der Waals surface area contributed by atoms with Crippen molar-refractivity contribution in [3.8, 4) is 11.5 Å². The summed E-state index contributed by atoms with van der Waals surface area (Å²) in [5.74, 6) is 8.94. The highest BCUT2D eigenvalue weighted by Crippen LogP contribution is 2.93. The van der Waals surface area contributed by atoms with Gasteiger partial charge in [0.05, 0.1) is 14.2 Å². The zero-order valence-electron chi connectivity index (χ0n) is 16.2. The molecule has 1 aromatic carbocycles. The lowest BCUT2D eigenvalue weighted by Crippen LogP contribution is -2.79. The number of hydrogen-bond acceptors (Lipinski definition) is 2. The monoisotopic (exact) mass is 348 g/mol. The highest BCUT2D eigenvalue weighted by atomic mass is 16.5. The molecule has 136 valence electrons. The summed E-state index contributed by atoms with van der Waals surface area (Å²) >= 11 is 0. The number of hydrogen-bond donors (Lipinski definition) is 0. The fourth-order valence-corrected chi connectivity index (χ4v) is 10.1. The molecular formula is C24H28O2. The molecule has 0 heterocycles. The summed E-state index contributed by atoms with van der Waals surface area (Å²) in [5, 5.41) is 0. The zero-order valence-corrected chi connectivity index (χ0v) is 16.2. The van der Waals surface area contributed by atoms with Gasteiger partial charge in [0.25, 0.3) is 0 Å². The van der Waals surface area contributed by atoms with Crippen molar-refractivity contribution < 1.29 is 9.47 Å². The Morgan fingerprint density at radius 1 is 0.731 bits per heavy atom. The Balaban J connectivity index is 1.42. The quantitative estimate of drug-likeness (QED) is 0.553. The Labute approximate surface area is 156 Å². The van der Waals surface area contributed by atoms with Gasteiger partial charge in [-0.05, 0) is 83.1 Å². The first-order valence-electron chi connectivity index (χ1n) is 10.5. The second-order valence-corrected chi connectivity index (χ2v) is 10.4. The van der Waals surface area contributed by atoms with E-state index in [1.54, 1.807) is 0 Å². The van der Waals surface area contributed by atoms with Crippen molar-refractivity contribution >= 4 is 0 Å². The van der Waals surface area contributed by atoms with Crippen LogP contribution in [0.1, 0.15) is 49.7 Å². The summed E-state index contributed by atoms with van der Waals surface area (Å²) in [4.78, 5) is 0. The highest BCUT2D eigenvalue weighted by Gasteiger charge is 2.88. The van der Waals surface area contributed by atoms with E-state index < -0.39 is 0 Å². The van der Waals surface area contributed by atoms with Crippen molar-refractivity contribution in [2.75, 3.05) is 14.2 Å². The van der Waals surface area contributed by atoms with Crippen LogP contribution in [0.3, 0.4) is 0 Å². The maximum atomic E-state index is 5.82. The zero-order chi connectivity index (χ0) is 17.6. The summed E-state index contributed by atoms with van der Waals surface area (Å²) in [7, 11) is 3.66. The molecule has 1 aromatic rings. The van der Waals surface area contributed by atoms with E-state index in [-0.39, 0.29) is 0 Å². The van der Waals surface area contributed by atoms with Gasteiger partial charge in [-0.2, -0.15) is 0 Å². The van der Waals surface area contributed by atoms with Gasteiger partial charge >= 0.3 is 0 Å². The average molecular weight is 348 g/mol. The third kappa shape index (κ3) is 1.10. The van der Waals surface area contributed by atoms with Crippen LogP contribution in [0.2, 0.25) is 0 Å². The van der Waals surface area contributed by atoms with E-state index in [0.29, 0.717) is 22.7 Å². The molecule has 0 radical (unpaired) electrons. The van der Waals surface area contributed by atoms with Gasteiger partial charge < -0.3 is 9.47 Å². The van der Waals surface area contributed by atoms with E-state index in [4.69, 9.17) is 9.47 Å². The van der Waals surface area contributed by atoms with Gasteiger partial charge in [-0.1, -0.05) is 26.0 Å². The van der Waals surface area contributed by atoms with Crippen molar-refractivity contribution in [2.24, 2.45) is 46.3 Å². The van der Waals surface area contributed by atoms with Gasteiger partial charge in [0.2, 0.25) is 0 Å². The summed E-state index contributed by atoms with van der Waals surface area (Å²) in [6.07, 6.45) is 7.90. The first-order valence-corrected chi connectivity index (χ1v) is 10.5. The molecule has 4 saturated carbocycles. The Hall–Kier alpha value is -1.44. The standard InChI is InChI=1S/C24H28O2/c1-23-19-11-5-6-12(9-11)20(19)24(23,2)22-14-10-13(21(22)23)17-15(25-3)7-8-16(26-4)18(14)17/h5-8,11-14,19-22H,9-10H2,1-4H3/t11-,12+,13-,14+,19?,20?,21?,22?,23+,24-. The second-order valence-electron chi connectivity index (χ2n) is 10.4. The molecule has 4 bridgehead atoms. The van der Waals surface area contributed by atoms with Crippen molar-refractivity contribution in [3.05, 3.63) is 35.4 Å². The van der Waals surface area contributed by atoms with Gasteiger partial charge in [-0.15, -0.1) is 0 Å². The lowest BCUT2D eigenvalue weighted by molar-refractivity contribution is -0.353. The molecule has 6 aliphatic rings. The molecule has 4 fully saturated rings. The molecule has 0 aliphatic heterocycles. The third-order valence-electron chi connectivity index (χ3n) is 10.5. The molecule has 0 spiro atoms. The normalized spacial score (nSPS) is 55.5. The van der Waals surface area contributed by atoms with Crippen LogP contribution in [0, 0.1) is 46.3 Å². The van der Waals surface area contributed by atoms with E-state index in [9.17, 15) is 0 Å². The van der Waals surface area contributed by atoms with Crippen LogP contribution in [-0.2, 0) is 0 Å². The summed E-state index contributed by atoms with van der Waals surface area (Å²) in [5.41, 5.74) is 4.09. The van der Waals surface area contributed by atoms with Gasteiger partial charge in [0, 0.05) is 11.1 Å². The first-order chi connectivity index (χ1) is 12.6. The summed E-state index contributed by atoms with van der Waals surface area (Å²) in [6, 6.07) is 4.27. The molecule has 0 aromatic heterocycles. The van der Waals surface area contributed by atoms with Crippen LogP contribution in [0.5, 0.6) is 11.5 Å². The SMILES string of the molecule is COc1ccc(OC)c2c1[C@H]1C[C@@H]2C2C1[C@]1(C)C3C([C@H]4C=C[C@@H]3C4)[C@]21C. The maximum absolute atomic E-state index is 5.82. The third-order valence-corrected chi connectivity index (χ3v) is 10.5. The molecule has 0 N–H and O–H groups in total. The summed E-state index contributed by atoms with van der Waals surface area (Å²) in [6.45, 7) is 5.33. The van der Waals surface area contributed by atoms with Crippen LogP contribution in [0.15, 0.2) is 24.3 Å². The van der Waals surface area contributed by atoms with Crippen molar-refractivity contribution in [2.45, 2.75) is 38.5 Å². The van der Waals surface area contributed by atoms with E-state index in [0.717, 1.165) is 47.0 Å². The fourth-order valence-electron chi connectivity index (χ4n) is 10.1. The molecule has 2 nitrogen and oxygen atoms in total. The Morgan fingerprint density at radius 3 is 1.62 bits per heavy atom. The Morgan fingerprint density at radius 2 is 1.19 bits per heavy atom. The number of allylic oxidation sites excluding steroid dienone is 2. The fraction of sp³-hybridized carbons (Fsp3) is 0.667. The minimum absolute atomic E-state index is 0.539. The number of rotatable bonds is 2. The molecule has 0 amide bonds. The van der Waals surface area contributed by atoms with Crippen LogP contribution in [-0.4, -0.2) is 14.2 Å². The van der Waals surface area contributed by atoms with E-state index in [1.165, 1.54) is 24.0 Å². The molecule has 6 aliphatic carbocycles. The lowest BCUT2D eigenvalue weighted by atomic mass is 9.20. The molecule has 26 heavy (non-hydrogen) atoms. The lowest BCUT2D eigenvalue weighted by Gasteiger charge is -2.83. The number of fused-ring (bicyclic) bond motifs is 18. The molecule has 0 saturated heterocycles. The smallest absolute Gasteiger partial charge is 0.122 e. The van der Waals surface area contributed by atoms with E-state index in [2.05, 4.69) is 38.1 Å². The van der Waals surface area contributed by atoms with Crippen LogP contribution < -0.4 is 9.47 Å². The molecule has 7 rings (SSSR count). The summed E-state index contributed by atoms with van der Waals surface area (Å²) < 4.78 is 11.6. The van der Waals surface area contributed by atoms with Crippen molar-refractivity contribution in [3.63, 3.8) is 0 Å². The topological polar surface area (TPSA) is 18.5 Å². The number of benzene rings is 1. The van der Waals surface area contributed by atoms with E-state index >= 15 is 0 Å². The predicted octanol–water partition coefficient (Wildman–Crippen LogP) is 5.00. The average Bonchev–Trinajstić information content (AvgIpc) is 3.42. The second kappa shape index (κ2) is 4.03. The maximum Gasteiger partial charge on any atom is 0.122 e. The van der Waals surface area contributed by atoms with Gasteiger partial charge in [0.15, 0.2) is 0 Å². The van der Waals surface area contributed by atoms with Crippen LogP contribution in [0.4, 0.5) is 0 Å². The largest absolute Gasteiger partial charge is 0.496 e. The van der Waals surface area contributed by atoms with Gasteiger partial charge in [-0.3, -0.25) is 0 Å². The minimum Gasteiger partial charge on any atom is -0.496 e. The van der Waals surface area contributed by atoms with Crippen LogP contribution in [0.25, 0.3) is 0 Å². The first kappa shape index (κ1) is 14.6. The Kier molecular flexibility index (Phi) is 2.26. The predicted molar refractivity (Wildman–Crippen MR) is 101 cm³/mol. The van der Waals surface area contributed by atoms with E-state index in [1.807, 2.05) is 14.2 Å². The Bertz CT molecular complexity index is 817. The molecule has 2 heteroatoms. The van der Waals surface area contributed by atoms with Crippen molar-refractivity contribution in [1.29, 1.82) is 0 Å². The molecule has 4 unspecified atom stereocenters. The van der Waals surface area contributed by atoms with Gasteiger partial charge in [-0.25, -0.2) is 0 Å². The van der Waals surface area contributed by atoms with Crippen LogP contribution >= 0.6 is 0 Å². The minimum atomic E-state index is 0.539.